The molecule has 0 radical (unpaired) electrons. The Bertz CT molecular complexity index is 1160. The zero-order valence-corrected chi connectivity index (χ0v) is 16.2. The van der Waals surface area contributed by atoms with E-state index >= 15 is 0 Å². The van der Waals surface area contributed by atoms with Crippen molar-refractivity contribution < 1.29 is 26.7 Å². The minimum atomic E-state index is -4.25. The minimum Gasteiger partial charge on any atom is -0.469 e. The lowest BCUT2D eigenvalue weighted by molar-refractivity contribution is -0.140. The van der Waals surface area contributed by atoms with Crippen molar-refractivity contribution in [3.8, 4) is 0 Å². The zero-order chi connectivity index (χ0) is 20.5. The Morgan fingerprint density at radius 2 is 1.93 bits per heavy atom. The number of methoxy groups -OCH3 is 1. The number of aryl methyl sites for hydroxylation is 1. The molecule has 0 saturated heterocycles. The second-order valence-electron chi connectivity index (χ2n) is 5.95. The first-order chi connectivity index (χ1) is 13.2. The van der Waals surface area contributed by atoms with Crippen LogP contribution in [0.1, 0.15) is 18.5 Å². The number of rotatable bonds is 6. The van der Waals surface area contributed by atoms with Gasteiger partial charge in [0.15, 0.2) is 11.6 Å². The highest BCUT2D eigenvalue weighted by atomic mass is 35.5. The number of halogens is 3. The summed E-state index contributed by atoms with van der Waals surface area (Å²) in [6.07, 6.45) is 0.632. The molecular weight excluding hydrogens is 414 g/mol. The molecule has 0 N–H and O–H groups in total. The monoisotopic (exact) mass is 428 g/mol. The molecule has 0 saturated carbocycles. The third-order valence-corrected chi connectivity index (χ3v) is 6.09. The Labute approximate surface area is 164 Å². The van der Waals surface area contributed by atoms with Gasteiger partial charge in [-0.25, -0.2) is 26.2 Å². The Morgan fingerprint density at radius 3 is 2.61 bits per heavy atom. The molecule has 2 heterocycles. The van der Waals surface area contributed by atoms with Crippen LogP contribution >= 0.6 is 11.6 Å². The van der Waals surface area contributed by atoms with Gasteiger partial charge in [-0.2, -0.15) is 0 Å². The molecule has 0 aliphatic heterocycles. The van der Waals surface area contributed by atoms with E-state index in [9.17, 15) is 22.0 Å². The first-order valence-electron chi connectivity index (χ1n) is 8.18. The molecule has 148 valence electrons. The summed E-state index contributed by atoms with van der Waals surface area (Å²) in [5, 5.41) is 0.177. The summed E-state index contributed by atoms with van der Waals surface area (Å²) in [7, 11) is -2.99. The van der Waals surface area contributed by atoms with Gasteiger partial charge >= 0.3 is 5.97 Å². The van der Waals surface area contributed by atoms with E-state index in [1.165, 1.54) is 25.3 Å². The van der Waals surface area contributed by atoms with Gasteiger partial charge in [0.2, 0.25) is 0 Å². The molecule has 0 aliphatic rings. The third-order valence-electron chi connectivity index (χ3n) is 4.12. The van der Waals surface area contributed by atoms with Crippen molar-refractivity contribution in [1.82, 2.24) is 8.96 Å². The number of benzene rings is 1. The summed E-state index contributed by atoms with van der Waals surface area (Å²) >= 11 is 5.89. The van der Waals surface area contributed by atoms with Crippen LogP contribution < -0.4 is 0 Å². The molecule has 10 heteroatoms. The number of fused-ring (bicyclic) bond motifs is 1. The Balaban J connectivity index is 2.12. The molecule has 3 rings (SSSR count). The molecule has 0 fully saturated rings. The summed E-state index contributed by atoms with van der Waals surface area (Å²) in [5.41, 5.74) is 0.896. The lowest BCUT2D eigenvalue weighted by Crippen LogP contribution is -2.16. The highest BCUT2D eigenvalue weighted by molar-refractivity contribution is 7.90. The predicted octanol–water partition coefficient (Wildman–Crippen LogP) is 3.70. The van der Waals surface area contributed by atoms with Crippen LogP contribution in [0.4, 0.5) is 8.78 Å². The van der Waals surface area contributed by atoms with Crippen molar-refractivity contribution in [3.05, 3.63) is 58.9 Å². The van der Waals surface area contributed by atoms with Crippen LogP contribution in [0.25, 0.3) is 11.0 Å². The van der Waals surface area contributed by atoms with Crippen LogP contribution in [-0.4, -0.2) is 30.5 Å². The molecular formula is C18H15ClF2N2O4S. The highest BCUT2D eigenvalue weighted by Gasteiger charge is 2.25. The summed E-state index contributed by atoms with van der Waals surface area (Å²) in [5.74, 6) is -2.85. The number of pyridine rings is 1. The van der Waals surface area contributed by atoms with E-state index < -0.39 is 32.5 Å². The van der Waals surface area contributed by atoms with E-state index in [-0.39, 0.29) is 23.5 Å². The van der Waals surface area contributed by atoms with Gasteiger partial charge in [-0.15, -0.1) is 0 Å². The standard InChI is InChI=1S/C18H15ClF2N2O4S/c1-27-18(24)4-2-3-11-9-15-16(7-8-17(19)22-15)23(11)28(25,26)12-5-6-13(20)14(21)10-12/h5-10H,2-4H2,1H3. The van der Waals surface area contributed by atoms with Gasteiger partial charge in [0.05, 0.1) is 23.0 Å². The van der Waals surface area contributed by atoms with Gasteiger partial charge in [0.1, 0.15) is 5.15 Å². The summed E-state index contributed by atoms with van der Waals surface area (Å²) < 4.78 is 58.8. The van der Waals surface area contributed by atoms with Crippen LogP contribution in [0.3, 0.4) is 0 Å². The normalized spacial score (nSPS) is 11.7. The molecule has 0 aliphatic carbocycles. The first kappa shape index (κ1) is 20.2. The fraction of sp³-hybridized carbons (Fsp3) is 0.222. The smallest absolute Gasteiger partial charge is 0.305 e. The summed E-state index contributed by atoms with van der Waals surface area (Å²) in [6.45, 7) is 0. The predicted molar refractivity (Wildman–Crippen MR) is 98.6 cm³/mol. The van der Waals surface area contributed by atoms with Gasteiger partial charge in [-0.3, -0.25) is 4.79 Å². The second-order valence-corrected chi connectivity index (χ2v) is 8.12. The molecule has 0 amide bonds. The SMILES string of the molecule is COC(=O)CCCc1cc2nc(Cl)ccc2n1S(=O)(=O)c1ccc(F)c(F)c1. The van der Waals surface area contributed by atoms with Crippen LogP contribution in [0.2, 0.25) is 5.15 Å². The Morgan fingerprint density at radius 1 is 1.18 bits per heavy atom. The topological polar surface area (TPSA) is 78.3 Å². The number of carbonyl (C=O) groups is 1. The van der Waals surface area contributed by atoms with E-state index in [1.54, 1.807) is 0 Å². The Hall–Kier alpha value is -2.52. The average molecular weight is 429 g/mol. The Kier molecular flexibility index (Phi) is 5.66. The van der Waals surface area contributed by atoms with Crippen LogP contribution in [0.5, 0.6) is 0 Å². The molecule has 0 atom stereocenters. The van der Waals surface area contributed by atoms with E-state index in [4.69, 9.17) is 11.6 Å². The van der Waals surface area contributed by atoms with Crippen molar-refractivity contribution in [2.24, 2.45) is 0 Å². The fourth-order valence-corrected chi connectivity index (χ4v) is 4.53. The number of aromatic nitrogens is 2. The summed E-state index contributed by atoms with van der Waals surface area (Å²) in [6, 6.07) is 6.81. The van der Waals surface area contributed by atoms with Gasteiger partial charge < -0.3 is 4.74 Å². The molecule has 0 spiro atoms. The second kappa shape index (κ2) is 7.84. The number of hydrogen-bond acceptors (Lipinski definition) is 5. The molecule has 0 unspecified atom stereocenters. The van der Waals surface area contributed by atoms with Crippen LogP contribution in [0, 0.1) is 11.6 Å². The maximum Gasteiger partial charge on any atom is 0.305 e. The molecule has 3 aromatic rings. The fourth-order valence-electron chi connectivity index (χ4n) is 2.81. The van der Waals surface area contributed by atoms with E-state index in [2.05, 4.69) is 9.72 Å². The molecule has 28 heavy (non-hydrogen) atoms. The number of esters is 1. The van der Waals surface area contributed by atoms with Crippen molar-refractivity contribution in [1.29, 1.82) is 0 Å². The van der Waals surface area contributed by atoms with E-state index in [0.717, 1.165) is 16.1 Å². The maximum absolute atomic E-state index is 13.6. The van der Waals surface area contributed by atoms with Crippen LogP contribution in [0.15, 0.2) is 41.3 Å². The lowest BCUT2D eigenvalue weighted by Gasteiger charge is -2.12. The largest absolute Gasteiger partial charge is 0.469 e. The van der Waals surface area contributed by atoms with E-state index in [1.807, 2.05) is 0 Å². The number of hydrogen-bond donors (Lipinski definition) is 0. The van der Waals surface area contributed by atoms with Gasteiger partial charge in [-0.1, -0.05) is 11.6 Å². The number of ether oxygens (including phenoxy) is 1. The highest BCUT2D eigenvalue weighted by Crippen LogP contribution is 2.27. The van der Waals surface area contributed by atoms with E-state index in [0.29, 0.717) is 23.7 Å². The average Bonchev–Trinajstić information content (AvgIpc) is 3.01. The van der Waals surface area contributed by atoms with Gasteiger partial charge in [0.25, 0.3) is 10.0 Å². The number of carbonyl (C=O) groups excluding carboxylic acids is 1. The third kappa shape index (κ3) is 3.85. The van der Waals surface area contributed by atoms with Crippen molar-refractivity contribution >= 4 is 38.6 Å². The molecule has 6 nitrogen and oxygen atoms in total. The lowest BCUT2D eigenvalue weighted by atomic mass is 10.2. The zero-order valence-electron chi connectivity index (χ0n) is 14.7. The van der Waals surface area contributed by atoms with Gasteiger partial charge in [-0.05, 0) is 49.2 Å². The quantitative estimate of drug-likeness (QED) is 0.442. The van der Waals surface area contributed by atoms with Crippen molar-refractivity contribution in [2.75, 3.05) is 7.11 Å². The van der Waals surface area contributed by atoms with Crippen LogP contribution in [-0.2, 0) is 26.0 Å². The minimum absolute atomic E-state index is 0.0947. The van der Waals surface area contributed by atoms with Gasteiger partial charge in [0, 0.05) is 12.1 Å². The first-order valence-corrected chi connectivity index (χ1v) is 10.00. The maximum atomic E-state index is 13.6. The van der Waals surface area contributed by atoms with Crippen molar-refractivity contribution in [2.45, 2.75) is 24.2 Å². The molecule has 0 bridgehead atoms. The molecule has 2 aromatic heterocycles. The number of nitrogens with zero attached hydrogens (tertiary/aromatic N) is 2. The summed E-state index contributed by atoms with van der Waals surface area (Å²) in [4.78, 5) is 15.0. The van der Waals surface area contributed by atoms with Crippen molar-refractivity contribution in [3.63, 3.8) is 0 Å². The molecule has 1 aromatic carbocycles.